The normalized spacial score (nSPS) is 10.8. The number of para-hydroxylation sites is 1. The Labute approximate surface area is 126 Å². The summed E-state index contributed by atoms with van der Waals surface area (Å²) in [6, 6.07) is 11.5. The van der Waals surface area contributed by atoms with Crippen molar-refractivity contribution in [2.24, 2.45) is 0 Å². The van der Waals surface area contributed by atoms with Gasteiger partial charge in [0, 0.05) is 6.07 Å². The molecular formula is C16H15N3O3. The highest BCUT2D eigenvalue weighted by atomic mass is 16.3. The van der Waals surface area contributed by atoms with Crippen molar-refractivity contribution in [1.29, 1.82) is 0 Å². The van der Waals surface area contributed by atoms with Gasteiger partial charge >= 0.3 is 6.01 Å². The van der Waals surface area contributed by atoms with E-state index in [1.54, 1.807) is 0 Å². The quantitative estimate of drug-likeness (QED) is 0.691. The zero-order valence-corrected chi connectivity index (χ0v) is 11.9. The molecule has 0 saturated heterocycles. The van der Waals surface area contributed by atoms with Crippen LogP contribution in [0.3, 0.4) is 0 Å². The first-order chi connectivity index (χ1) is 10.6. The number of hydrogen-bond acceptors (Lipinski definition) is 5. The molecule has 0 radical (unpaired) electrons. The SMILES string of the molecule is CCc1ccccc1-n1c(O)nnc1-c1ccc(O)cc1O. The smallest absolute Gasteiger partial charge is 0.319 e. The molecule has 3 N–H and O–H groups in total. The molecule has 3 rings (SSSR count). The second-order valence-electron chi connectivity index (χ2n) is 4.84. The summed E-state index contributed by atoms with van der Waals surface area (Å²) in [5.41, 5.74) is 2.13. The average molecular weight is 297 g/mol. The van der Waals surface area contributed by atoms with Crippen molar-refractivity contribution in [2.45, 2.75) is 13.3 Å². The van der Waals surface area contributed by atoms with Gasteiger partial charge in [0.1, 0.15) is 11.5 Å². The number of benzene rings is 2. The van der Waals surface area contributed by atoms with Gasteiger partial charge in [0.15, 0.2) is 5.82 Å². The Kier molecular flexibility index (Phi) is 3.42. The van der Waals surface area contributed by atoms with Crippen molar-refractivity contribution < 1.29 is 15.3 Å². The van der Waals surface area contributed by atoms with Gasteiger partial charge in [-0.1, -0.05) is 30.2 Å². The second-order valence-corrected chi connectivity index (χ2v) is 4.84. The number of aromatic hydroxyl groups is 3. The molecule has 0 unspecified atom stereocenters. The largest absolute Gasteiger partial charge is 0.508 e. The van der Waals surface area contributed by atoms with Crippen LogP contribution in [-0.4, -0.2) is 30.1 Å². The molecule has 0 aliphatic carbocycles. The zero-order valence-electron chi connectivity index (χ0n) is 11.9. The number of phenolic OH excluding ortho intramolecular Hbond substituents is 2. The summed E-state index contributed by atoms with van der Waals surface area (Å²) in [5.74, 6) is 0.115. The Morgan fingerprint density at radius 3 is 2.50 bits per heavy atom. The maximum absolute atomic E-state index is 10.1. The van der Waals surface area contributed by atoms with Gasteiger partial charge in [-0.25, -0.2) is 4.57 Å². The highest BCUT2D eigenvalue weighted by Crippen LogP contribution is 2.34. The number of phenols is 2. The van der Waals surface area contributed by atoms with Crippen molar-refractivity contribution in [1.82, 2.24) is 14.8 Å². The van der Waals surface area contributed by atoms with Crippen LogP contribution in [0.25, 0.3) is 17.1 Å². The molecule has 0 fully saturated rings. The fourth-order valence-electron chi connectivity index (χ4n) is 2.41. The minimum atomic E-state index is -0.261. The summed E-state index contributed by atoms with van der Waals surface area (Å²) in [6.07, 6.45) is 0.773. The van der Waals surface area contributed by atoms with E-state index < -0.39 is 0 Å². The third kappa shape index (κ3) is 2.24. The first-order valence-corrected chi connectivity index (χ1v) is 6.86. The summed E-state index contributed by atoms with van der Waals surface area (Å²) in [6.45, 7) is 2.01. The molecule has 0 atom stereocenters. The van der Waals surface area contributed by atoms with Crippen molar-refractivity contribution in [2.75, 3.05) is 0 Å². The minimum Gasteiger partial charge on any atom is -0.508 e. The lowest BCUT2D eigenvalue weighted by atomic mass is 10.1. The minimum absolute atomic E-state index is 0.0505. The van der Waals surface area contributed by atoms with Gasteiger partial charge in [-0.2, -0.15) is 0 Å². The van der Waals surface area contributed by atoms with Crippen LogP contribution in [0.4, 0.5) is 0 Å². The topological polar surface area (TPSA) is 91.4 Å². The van der Waals surface area contributed by atoms with Crippen molar-refractivity contribution in [3.63, 3.8) is 0 Å². The molecule has 0 bridgehead atoms. The molecule has 1 heterocycles. The molecule has 0 spiro atoms. The van der Waals surface area contributed by atoms with E-state index in [0.29, 0.717) is 11.4 Å². The predicted octanol–water partition coefficient (Wildman–Crippen LogP) is 2.61. The summed E-state index contributed by atoms with van der Waals surface area (Å²) in [7, 11) is 0. The lowest BCUT2D eigenvalue weighted by molar-refractivity contribution is 0.420. The van der Waals surface area contributed by atoms with Crippen LogP contribution in [0.5, 0.6) is 17.5 Å². The van der Waals surface area contributed by atoms with E-state index in [1.165, 1.54) is 22.8 Å². The van der Waals surface area contributed by atoms with E-state index in [-0.39, 0.29) is 17.5 Å². The molecule has 6 nitrogen and oxygen atoms in total. The molecule has 0 saturated carbocycles. The van der Waals surface area contributed by atoms with Crippen LogP contribution in [-0.2, 0) is 6.42 Å². The highest BCUT2D eigenvalue weighted by molar-refractivity contribution is 5.68. The fraction of sp³-hybridized carbons (Fsp3) is 0.125. The Morgan fingerprint density at radius 1 is 1.00 bits per heavy atom. The van der Waals surface area contributed by atoms with Crippen LogP contribution in [0.1, 0.15) is 12.5 Å². The highest BCUT2D eigenvalue weighted by Gasteiger charge is 2.19. The van der Waals surface area contributed by atoms with Crippen molar-refractivity contribution in [3.05, 3.63) is 48.0 Å². The van der Waals surface area contributed by atoms with E-state index in [0.717, 1.165) is 17.7 Å². The summed E-state index contributed by atoms with van der Waals surface area (Å²) in [5, 5.41) is 37.2. The van der Waals surface area contributed by atoms with E-state index >= 15 is 0 Å². The van der Waals surface area contributed by atoms with Crippen molar-refractivity contribution in [3.8, 4) is 34.6 Å². The summed E-state index contributed by atoms with van der Waals surface area (Å²) >= 11 is 0. The van der Waals surface area contributed by atoms with E-state index in [2.05, 4.69) is 10.2 Å². The molecule has 3 aromatic rings. The molecule has 22 heavy (non-hydrogen) atoms. The maximum Gasteiger partial charge on any atom is 0.319 e. The molecule has 1 aromatic heterocycles. The van der Waals surface area contributed by atoms with Gasteiger partial charge in [-0.05, 0) is 30.2 Å². The Hall–Kier alpha value is -3.02. The van der Waals surface area contributed by atoms with Crippen molar-refractivity contribution >= 4 is 0 Å². The van der Waals surface area contributed by atoms with Crippen LogP contribution in [0, 0.1) is 0 Å². The number of rotatable bonds is 3. The van der Waals surface area contributed by atoms with E-state index in [1.807, 2.05) is 31.2 Å². The van der Waals surface area contributed by atoms with Gasteiger partial charge in [-0.3, -0.25) is 0 Å². The van der Waals surface area contributed by atoms with E-state index in [9.17, 15) is 15.3 Å². The average Bonchev–Trinajstić information content (AvgIpc) is 2.88. The first-order valence-electron chi connectivity index (χ1n) is 6.86. The fourth-order valence-corrected chi connectivity index (χ4v) is 2.41. The van der Waals surface area contributed by atoms with Crippen LogP contribution in [0.2, 0.25) is 0 Å². The number of nitrogens with zero attached hydrogens (tertiary/aromatic N) is 3. The lowest BCUT2D eigenvalue weighted by Gasteiger charge is -2.12. The Bertz CT molecular complexity index is 827. The zero-order chi connectivity index (χ0) is 15.7. The molecule has 0 aliphatic rings. The summed E-state index contributed by atoms with van der Waals surface area (Å²) in [4.78, 5) is 0. The molecule has 2 aromatic carbocycles. The van der Waals surface area contributed by atoms with Gasteiger partial charge in [0.05, 0.1) is 11.3 Å². The predicted molar refractivity (Wildman–Crippen MR) is 81.2 cm³/mol. The van der Waals surface area contributed by atoms with Gasteiger partial charge in [0.25, 0.3) is 0 Å². The Morgan fingerprint density at radius 2 is 1.77 bits per heavy atom. The second kappa shape index (κ2) is 5.40. The third-order valence-corrected chi connectivity index (χ3v) is 3.48. The van der Waals surface area contributed by atoms with Crippen LogP contribution < -0.4 is 0 Å². The lowest BCUT2D eigenvalue weighted by Crippen LogP contribution is -2.01. The monoisotopic (exact) mass is 297 g/mol. The third-order valence-electron chi connectivity index (χ3n) is 3.48. The molecule has 0 aliphatic heterocycles. The molecule has 6 heteroatoms. The number of hydrogen-bond donors (Lipinski definition) is 3. The van der Waals surface area contributed by atoms with E-state index in [4.69, 9.17) is 0 Å². The molecule has 0 amide bonds. The molecular weight excluding hydrogens is 282 g/mol. The molecule has 112 valence electrons. The van der Waals surface area contributed by atoms with Gasteiger partial charge < -0.3 is 15.3 Å². The van der Waals surface area contributed by atoms with Crippen LogP contribution in [0.15, 0.2) is 42.5 Å². The Balaban J connectivity index is 2.24. The maximum atomic E-state index is 10.1. The number of aromatic nitrogens is 3. The van der Waals surface area contributed by atoms with Gasteiger partial charge in [-0.15, -0.1) is 5.10 Å². The number of aryl methyl sites for hydroxylation is 1. The van der Waals surface area contributed by atoms with Gasteiger partial charge in [0.2, 0.25) is 0 Å². The van der Waals surface area contributed by atoms with Crippen LogP contribution >= 0.6 is 0 Å². The standard InChI is InChI=1S/C16H15N3O3/c1-2-10-5-3-4-6-13(10)19-15(17-18-16(19)22)12-8-7-11(20)9-14(12)21/h3-9,20-21H,2H2,1H3,(H,18,22). The first kappa shape index (κ1) is 13.9. The summed E-state index contributed by atoms with van der Waals surface area (Å²) < 4.78 is 1.48.